The molecule has 0 bridgehead atoms. The minimum atomic E-state index is -4.43. The number of nitrogens with one attached hydrogen (secondary N) is 1. The molecule has 1 aromatic carbocycles. The first-order chi connectivity index (χ1) is 13.2. The van der Waals surface area contributed by atoms with Gasteiger partial charge in [0, 0.05) is 12.4 Å². The van der Waals surface area contributed by atoms with Crippen molar-refractivity contribution in [2.75, 3.05) is 5.32 Å². The van der Waals surface area contributed by atoms with Crippen LogP contribution >= 0.6 is 0 Å². The van der Waals surface area contributed by atoms with E-state index in [4.69, 9.17) is 5.11 Å². The molecule has 146 valence electrons. The first-order valence-corrected chi connectivity index (χ1v) is 7.96. The summed E-state index contributed by atoms with van der Waals surface area (Å²) in [7, 11) is 0. The standard InChI is InChI=1S/C17H14F3N5O3/c18-17(19,20)12-3-1-2-11(6-12)8-24-9-13(7-22-24)23-16(28)14-4-5-21-25(14)10-15(26)27/h1-7,9H,8,10H2,(H,23,28)(H,26,27). The molecule has 0 spiro atoms. The Morgan fingerprint density at radius 3 is 2.68 bits per heavy atom. The lowest BCUT2D eigenvalue weighted by Gasteiger charge is -2.08. The maximum Gasteiger partial charge on any atom is 0.416 e. The number of nitrogens with zero attached hydrogens (tertiary/aromatic N) is 4. The van der Waals surface area contributed by atoms with Crippen LogP contribution in [0.5, 0.6) is 0 Å². The summed E-state index contributed by atoms with van der Waals surface area (Å²) in [6.45, 7) is -0.388. The molecule has 2 aromatic heterocycles. The van der Waals surface area contributed by atoms with Crippen molar-refractivity contribution in [3.63, 3.8) is 0 Å². The number of aliphatic carboxylic acids is 1. The predicted molar refractivity (Wildman–Crippen MR) is 90.6 cm³/mol. The van der Waals surface area contributed by atoms with E-state index in [2.05, 4.69) is 15.5 Å². The number of carbonyl (C=O) groups excluding carboxylic acids is 1. The Labute approximate surface area is 156 Å². The number of carboxylic acids is 1. The summed E-state index contributed by atoms with van der Waals surface area (Å²) in [6.07, 6.45) is -0.341. The normalized spacial score (nSPS) is 11.4. The van der Waals surface area contributed by atoms with Crippen LogP contribution in [0.2, 0.25) is 0 Å². The molecule has 0 fully saturated rings. The van der Waals surface area contributed by atoms with Crippen molar-refractivity contribution in [3.8, 4) is 0 Å². The summed E-state index contributed by atoms with van der Waals surface area (Å²) in [4.78, 5) is 23.1. The van der Waals surface area contributed by atoms with Crippen LogP contribution in [-0.2, 0) is 24.1 Å². The largest absolute Gasteiger partial charge is 0.480 e. The van der Waals surface area contributed by atoms with Gasteiger partial charge in [-0.05, 0) is 23.8 Å². The van der Waals surface area contributed by atoms with E-state index in [-0.39, 0.29) is 12.2 Å². The molecule has 1 amide bonds. The van der Waals surface area contributed by atoms with Gasteiger partial charge in [-0.25, -0.2) is 4.68 Å². The molecular weight excluding hydrogens is 379 g/mol. The lowest BCUT2D eigenvalue weighted by atomic mass is 10.1. The van der Waals surface area contributed by atoms with Crippen molar-refractivity contribution in [1.29, 1.82) is 0 Å². The molecule has 0 aliphatic heterocycles. The smallest absolute Gasteiger partial charge is 0.416 e. The third-order valence-electron chi connectivity index (χ3n) is 3.72. The molecule has 0 radical (unpaired) electrons. The monoisotopic (exact) mass is 393 g/mol. The van der Waals surface area contributed by atoms with E-state index < -0.39 is 30.2 Å². The van der Waals surface area contributed by atoms with Gasteiger partial charge >= 0.3 is 12.1 Å². The minimum Gasteiger partial charge on any atom is -0.480 e. The van der Waals surface area contributed by atoms with Crippen molar-refractivity contribution in [2.45, 2.75) is 19.3 Å². The molecule has 11 heteroatoms. The van der Waals surface area contributed by atoms with Crippen LogP contribution in [0.25, 0.3) is 0 Å². The molecule has 0 aliphatic carbocycles. The van der Waals surface area contributed by atoms with Crippen LogP contribution in [0, 0.1) is 0 Å². The van der Waals surface area contributed by atoms with Crippen molar-refractivity contribution in [1.82, 2.24) is 19.6 Å². The zero-order valence-electron chi connectivity index (χ0n) is 14.2. The molecule has 3 aromatic rings. The lowest BCUT2D eigenvalue weighted by molar-refractivity contribution is -0.138. The van der Waals surface area contributed by atoms with Gasteiger partial charge in [0.25, 0.3) is 5.91 Å². The topological polar surface area (TPSA) is 102 Å². The van der Waals surface area contributed by atoms with E-state index in [0.29, 0.717) is 11.3 Å². The fourth-order valence-electron chi connectivity index (χ4n) is 2.52. The number of rotatable bonds is 6. The highest BCUT2D eigenvalue weighted by Crippen LogP contribution is 2.29. The molecule has 0 unspecified atom stereocenters. The first-order valence-electron chi connectivity index (χ1n) is 7.96. The number of carbonyl (C=O) groups is 2. The fraction of sp³-hybridized carbons (Fsp3) is 0.176. The number of carboxylic acid groups (broad SMARTS) is 1. The zero-order valence-corrected chi connectivity index (χ0v) is 14.2. The van der Waals surface area contributed by atoms with Crippen LogP contribution < -0.4 is 5.32 Å². The maximum atomic E-state index is 12.8. The number of anilines is 1. The molecule has 3 rings (SSSR count). The van der Waals surface area contributed by atoms with Crippen LogP contribution in [0.4, 0.5) is 18.9 Å². The van der Waals surface area contributed by atoms with Gasteiger partial charge in [0.15, 0.2) is 0 Å². The van der Waals surface area contributed by atoms with E-state index >= 15 is 0 Å². The Hall–Kier alpha value is -3.63. The summed E-state index contributed by atoms with van der Waals surface area (Å²) in [6, 6.07) is 6.24. The SMILES string of the molecule is O=C(O)Cn1nccc1C(=O)Nc1cnn(Cc2cccc(C(F)(F)F)c2)c1. The highest BCUT2D eigenvalue weighted by Gasteiger charge is 2.30. The number of benzene rings is 1. The molecule has 0 saturated carbocycles. The van der Waals surface area contributed by atoms with Gasteiger partial charge in [0.05, 0.1) is 24.0 Å². The lowest BCUT2D eigenvalue weighted by Crippen LogP contribution is -2.20. The van der Waals surface area contributed by atoms with Crippen LogP contribution in [0.15, 0.2) is 48.9 Å². The van der Waals surface area contributed by atoms with Crippen LogP contribution in [0.1, 0.15) is 21.6 Å². The third-order valence-corrected chi connectivity index (χ3v) is 3.72. The van der Waals surface area contributed by atoms with Crippen molar-refractivity contribution >= 4 is 17.6 Å². The quantitative estimate of drug-likeness (QED) is 0.670. The summed E-state index contributed by atoms with van der Waals surface area (Å²) in [5, 5.41) is 19.1. The molecule has 0 saturated heterocycles. The number of alkyl halides is 3. The Bertz CT molecular complexity index is 1010. The maximum absolute atomic E-state index is 12.8. The second-order valence-electron chi connectivity index (χ2n) is 5.85. The number of halogens is 3. The second-order valence-corrected chi connectivity index (χ2v) is 5.85. The Kier molecular flexibility index (Phi) is 5.16. The summed E-state index contributed by atoms with van der Waals surface area (Å²) >= 11 is 0. The van der Waals surface area contributed by atoms with Crippen LogP contribution in [-0.4, -0.2) is 36.5 Å². The fourth-order valence-corrected chi connectivity index (χ4v) is 2.52. The average molecular weight is 393 g/mol. The Morgan fingerprint density at radius 2 is 1.96 bits per heavy atom. The number of amides is 1. The van der Waals surface area contributed by atoms with E-state index in [9.17, 15) is 22.8 Å². The minimum absolute atomic E-state index is 0.0491. The van der Waals surface area contributed by atoms with Crippen LogP contribution in [0.3, 0.4) is 0 Å². The summed E-state index contributed by atoms with van der Waals surface area (Å²) in [5.41, 5.74) is 0.000732. The number of aromatic nitrogens is 4. The Balaban J connectivity index is 1.69. The van der Waals surface area contributed by atoms with E-state index in [1.165, 1.54) is 35.4 Å². The molecule has 28 heavy (non-hydrogen) atoms. The molecular formula is C17H14F3N5O3. The molecule has 2 heterocycles. The van der Waals surface area contributed by atoms with Gasteiger partial charge in [-0.1, -0.05) is 12.1 Å². The van der Waals surface area contributed by atoms with Crippen molar-refractivity contribution < 1.29 is 27.9 Å². The van der Waals surface area contributed by atoms with E-state index in [0.717, 1.165) is 16.8 Å². The first kappa shape index (κ1) is 19.1. The van der Waals surface area contributed by atoms with Gasteiger partial charge in [-0.2, -0.15) is 23.4 Å². The number of hydrogen-bond donors (Lipinski definition) is 2. The highest BCUT2D eigenvalue weighted by atomic mass is 19.4. The Morgan fingerprint density at radius 1 is 1.18 bits per heavy atom. The molecule has 0 atom stereocenters. The van der Waals surface area contributed by atoms with Gasteiger partial charge in [0.1, 0.15) is 12.2 Å². The highest BCUT2D eigenvalue weighted by molar-refractivity contribution is 6.03. The second kappa shape index (κ2) is 7.55. The summed E-state index contributed by atoms with van der Waals surface area (Å²) < 4.78 is 40.8. The van der Waals surface area contributed by atoms with E-state index in [1.807, 2.05) is 0 Å². The van der Waals surface area contributed by atoms with Gasteiger partial charge in [-0.3, -0.25) is 14.3 Å². The van der Waals surface area contributed by atoms with Gasteiger partial charge in [-0.15, -0.1) is 0 Å². The zero-order chi connectivity index (χ0) is 20.3. The van der Waals surface area contributed by atoms with Crippen molar-refractivity contribution in [2.24, 2.45) is 0 Å². The van der Waals surface area contributed by atoms with Gasteiger partial charge < -0.3 is 10.4 Å². The molecule has 0 aliphatic rings. The van der Waals surface area contributed by atoms with Crippen molar-refractivity contribution in [3.05, 3.63) is 65.7 Å². The van der Waals surface area contributed by atoms with E-state index in [1.54, 1.807) is 6.07 Å². The molecule has 2 N–H and O–H groups in total. The van der Waals surface area contributed by atoms with Gasteiger partial charge in [0.2, 0.25) is 0 Å². The average Bonchev–Trinajstić information content (AvgIpc) is 3.23. The molecule has 8 nitrogen and oxygen atoms in total. The number of hydrogen-bond acceptors (Lipinski definition) is 4. The third kappa shape index (κ3) is 4.55. The summed E-state index contributed by atoms with van der Waals surface area (Å²) in [5.74, 6) is -1.73. The predicted octanol–water partition coefficient (Wildman–Crippen LogP) is 2.48.